The van der Waals surface area contributed by atoms with Crippen LogP contribution in [-0.4, -0.2) is 45.4 Å². The van der Waals surface area contributed by atoms with E-state index in [-0.39, 0.29) is 4.48 Å². The first-order chi connectivity index (χ1) is 8.11. The Morgan fingerprint density at radius 3 is 1.83 bits per heavy atom. The number of nitrogens with zero attached hydrogens (tertiary/aromatic N) is 1. The van der Waals surface area contributed by atoms with Gasteiger partial charge >= 0.3 is 12.1 Å². The predicted molar refractivity (Wildman–Crippen MR) is 67.4 cm³/mol. The molecule has 1 aliphatic rings. The number of likely N-dealkylation sites (tertiary alicyclic amines) is 1. The number of piperidine rings is 1. The van der Waals surface area contributed by atoms with Crippen molar-refractivity contribution in [2.75, 3.05) is 13.1 Å². The first-order valence-corrected chi connectivity index (χ1v) is 6.45. The monoisotopic (exact) mass is 258 g/mol. The molecule has 0 aliphatic carbocycles. The second-order valence-electron chi connectivity index (χ2n) is 6.31. The van der Waals surface area contributed by atoms with Crippen LogP contribution in [0.15, 0.2) is 0 Å². The molecule has 5 heteroatoms. The van der Waals surface area contributed by atoms with Crippen molar-refractivity contribution in [2.24, 2.45) is 5.41 Å². The van der Waals surface area contributed by atoms with E-state index in [2.05, 4.69) is 0 Å². The largest absolute Gasteiger partial charge is 0.513 e. The standard InChI is InChI=1S/C13H23NO4/c1-5-13(10(15)16)6-8-14(9-7-13,11(17)18)12(2,3)4/h5-9H2,1-4H3,(H-,15,16,17,18)/p+1. The second kappa shape index (κ2) is 4.53. The molecule has 0 atom stereocenters. The molecule has 0 saturated carbocycles. The number of amides is 1. The quantitative estimate of drug-likeness (QED) is 0.746. The molecule has 2 N–H and O–H groups in total. The second-order valence-corrected chi connectivity index (χ2v) is 6.31. The Kier molecular flexibility index (Phi) is 3.77. The van der Waals surface area contributed by atoms with Crippen LogP contribution in [0.3, 0.4) is 0 Å². The third-order valence-corrected chi connectivity index (χ3v) is 4.72. The maximum atomic E-state index is 11.6. The van der Waals surface area contributed by atoms with Gasteiger partial charge in [-0.25, -0.2) is 4.48 Å². The first-order valence-electron chi connectivity index (χ1n) is 6.45. The lowest BCUT2D eigenvalue weighted by Crippen LogP contribution is -2.67. The van der Waals surface area contributed by atoms with E-state index < -0.39 is 23.0 Å². The van der Waals surface area contributed by atoms with Crippen LogP contribution in [-0.2, 0) is 4.79 Å². The Bertz CT molecular complexity index is 348. The minimum absolute atomic E-state index is 0.0397. The van der Waals surface area contributed by atoms with Crippen LogP contribution in [0.5, 0.6) is 0 Å². The van der Waals surface area contributed by atoms with Crippen molar-refractivity contribution in [1.29, 1.82) is 0 Å². The highest BCUT2D eigenvalue weighted by molar-refractivity contribution is 5.74. The minimum atomic E-state index is -0.849. The highest BCUT2D eigenvalue weighted by Gasteiger charge is 2.55. The lowest BCUT2D eigenvalue weighted by Gasteiger charge is -2.49. The fraction of sp³-hybridized carbons (Fsp3) is 0.846. The van der Waals surface area contributed by atoms with Gasteiger partial charge in [-0.15, -0.1) is 0 Å². The topological polar surface area (TPSA) is 74.6 Å². The summed E-state index contributed by atoms with van der Waals surface area (Å²) in [6.45, 7) is 8.35. The van der Waals surface area contributed by atoms with Gasteiger partial charge in [0, 0.05) is 12.8 Å². The molecule has 1 heterocycles. The van der Waals surface area contributed by atoms with Gasteiger partial charge in [-0.1, -0.05) is 6.92 Å². The summed E-state index contributed by atoms with van der Waals surface area (Å²) in [7, 11) is 0. The molecule has 5 nitrogen and oxygen atoms in total. The SMILES string of the molecule is CCC1(C(=O)O)CC[N+](C(=O)O)(C(C)(C)C)CC1. The van der Waals surface area contributed by atoms with Crippen molar-refractivity contribution in [3.05, 3.63) is 0 Å². The first kappa shape index (κ1) is 15.0. The van der Waals surface area contributed by atoms with Crippen LogP contribution < -0.4 is 0 Å². The number of carboxylic acid groups (broad SMARTS) is 2. The third kappa shape index (κ3) is 2.11. The van der Waals surface area contributed by atoms with Gasteiger partial charge in [0.25, 0.3) is 0 Å². The van der Waals surface area contributed by atoms with Crippen LogP contribution in [0, 0.1) is 5.41 Å². The number of aliphatic carboxylic acids is 1. The van der Waals surface area contributed by atoms with Crippen LogP contribution in [0.1, 0.15) is 47.0 Å². The van der Waals surface area contributed by atoms with E-state index in [1.54, 1.807) is 0 Å². The number of hydrogen-bond acceptors (Lipinski definition) is 2. The van der Waals surface area contributed by atoms with Crippen LogP contribution in [0.25, 0.3) is 0 Å². The van der Waals surface area contributed by atoms with Gasteiger partial charge in [-0.2, -0.15) is 4.79 Å². The van der Waals surface area contributed by atoms with E-state index >= 15 is 0 Å². The highest BCUT2D eigenvalue weighted by atomic mass is 16.4. The molecule has 0 radical (unpaired) electrons. The van der Waals surface area contributed by atoms with Gasteiger partial charge in [-0.3, -0.25) is 4.79 Å². The van der Waals surface area contributed by atoms with Crippen LogP contribution >= 0.6 is 0 Å². The summed E-state index contributed by atoms with van der Waals surface area (Å²) in [4.78, 5) is 23.0. The summed E-state index contributed by atoms with van der Waals surface area (Å²) in [5.74, 6) is -0.790. The Labute approximate surface area is 108 Å². The van der Waals surface area contributed by atoms with E-state index in [9.17, 15) is 19.8 Å². The van der Waals surface area contributed by atoms with Gasteiger partial charge in [-0.05, 0) is 27.2 Å². The van der Waals surface area contributed by atoms with Gasteiger partial charge in [0.15, 0.2) is 0 Å². The van der Waals surface area contributed by atoms with Crippen LogP contribution in [0.4, 0.5) is 4.79 Å². The Morgan fingerprint density at radius 1 is 1.17 bits per heavy atom. The number of hydrogen-bond donors (Lipinski definition) is 2. The average molecular weight is 258 g/mol. The summed E-state index contributed by atoms with van der Waals surface area (Å²) < 4.78 is -0.0397. The highest BCUT2D eigenvalue weighted by Crippen LogP contribution is 2.41. The fourth-order valence-electron chi connectivity index (χ4n) is 2.91. The molecule has 0 spiro atoms. The molecule has 0 unspecified atom stereocenters. The Morgan fingerprint density at radius 2 is 1.61 bits per heavy atom. The molecule has 1 aliphatic heterocycles. The Hall–Kier alpha value is -1.10. The van der Waals surface area contributed by atoms with E-state index in [0.29, 0.717) is 32.4 Å². The summed E-state index contributed by atoms with van der Waals surface area (Å²) in [5.41, 5.74) is -1.15. The zero-order valence-corrected chi connectivity index (χ0v) is 11.7. The lowest BCUT2D eigenvalue weighted by atomic mass is 9.74. The molecule has 0 bridgehead atoms. The maximum absolute atomic E-state index is 11.6. The predicted octanol–water partition coefficient (Wildman–Crippen LogP) is 2.55. The number of rotatable bonds is 2. The van der Waals surface area contributed by atoms with Gasteiger partial charge in [0.2, 0.25) is 0 Å². The van der Waals surface area contributed by atoms with Crippen molar-refractivity contribution in [2.45, 2.75) is 52.5 Å². The smallest absolute Gasteiger partial charge is 0.481 e. The summed E-state index contributed by atoms with van der Waals surface area (Å²) in [6, 6.07) is 0. The molecule has 0 aromatic heterocycles. The van der Waals surface area contributed by atoms with E-state index in [4.69, 9.17) is 0 Å². The molecule has 0 aromatic rings. The van der Waals surface area contributed by atoms with Crippen molar-refractivity contribution < 1.29 is 24.3 Å². The molecule has 104 valence electrons. The number of carboxylic acids is 1. The van der Waals surface area contributed by atoms with Gasteiger partial charge < -0.3 is 10.2 Å². The zero-order chi connectivity index (χ0) is 14.2. The van der Waals surface area contributed by atoms with Crippen molar-refractivity contribution in [1.82, 2.24) is 0 Å². The number of quaternary nitrogens is 1. The molecule has 1 saturated heterocycles. The summed E-state index contributed by atoms with van der Waals surface area (Å²) in [5, 5.41) is 18.9. The lowest BCUT2D eigenvalue weighted by molar-refractivity contribution is -0.909. The summed E-state index contributed by atoms with van der Waals surface area (Å²) in [6.07, 6.45) is 0.578. The van der Waals surface area contributed by atoms with Crippen molar-refractivity contribution >= 4 is 12.1 Å². The van der Waals surface area contributed by atoms with Crippen LogP contribution in [0.2, 0.25) is 0 Å². The molecular weight excluding hydrogens is 234 g/mol. The molecule has 0 aromatic carbocycles. The minimum Gasteiger partial charge on any atom is -0.481 e. The molecule has 1 amide bonds. The molecule has 18 heavy (non-hydrogen) atoms. The van der Waals surface area contributed by atoms with Gasteiger partial charge in [0.1, 0.15) is 5.54 Å². The summed E-state index contributed by atoms with van der Waals surface area (Å²) >= 11 is 0. The maximum Gasteiger partial charge on any atom is 0.513 e. The van der Waals surface area contributed by atoms with E-state index in [1.807, 2.05) is 27.7 Å². The number of carbonyl (C=O) groups is 2. The van der Waals surface area contributed by atoms with Crippen molar-refractivity contribution in [3.63, 3.8) is 0 Å². The molecule has 1 rings (SSSR count). The third-order valence-electron chi connectivity index (χ3n) is 4.72. The van der Waals surface area contributed by atoms with Crippen molar-refractivity contribution in [3.8, 4) is 0 Å². The molecular formula is C13H24NO4+. The molecule has 1 fully saturated rings. The average Bonchev–Trinajstić information content (AvgIpc) is 2.26. The zero-order valence-electron chi connectivity index (χ0n) is 11.7. The fourth-order valence-corrected chi connectivity index (χ4v) is 2.91. The van der Waals surface area contributed by atoms with E-state index in [0.717, 1.165) is 0 Å². The van der Waals surface area contributed by atoms with Gasteiger partial charge in [0.05, 0.1) is 18.5 Å². The normalized spacial score (nSPS) is 33.1. The van der Waals surface area contributed by atoms with E-state index in [1.165, 1.54) is 0 Å². The Balaban J connectivity index is 3.02.